The number of thioether (sulfide) groups is 1. The number of hydrogen-bond acceptors (Lipinski definition) is 4. The monoisotopic (exact) mass is 287 g/mol. The van der Waals surface area contributed by atoms with Crippen molar-refractivity contribution in [3.05, 3.63) is 54.2 Å². The molecule has 1 N–H and O–H groups in total. The van der Waals surface area contributed by atoms with Gasteiger partial charge in [-0.25, -0.2) is 9.78 Å². The molecule has 2 aromatic rings. The summed E-state index contributed by atoms with van der Waals surface area (Å²) in [6, 6.07) is 11.2. The fraction of sp³-hybridized carbons (Fsp3) is 0.0667. The molecule has 0 aliphatic heterocycles. The molecule has 0 saturated carbocycles. The highest BCUT2D eigenvalue weighted by Crippen LogP contribution is 2.23. The van der Waals surface area contributed by atoms with Crippen LogP contribution in [0.15, 0.2) is 53.6 Å². The van der Waals surface area contributed by atoms with Gasteiger partial charge >= 0.3 is 5.97 Å². The lowest BCUT2D eigenvalue weighted by Gasteiger charge is -2.05. The number of carboxylic acids is 1. The van der Waals surface area contributed by atoms with E-state index in [2.05, 4.69) is 4.98 Å². The SMILES string of the molecule is CSc1ccc(Oc2ccc(/C=C/C(=O)O)cn2)cc1. The van der Waals surface area contributed by atoms with Gasteiger partial charge < -0.3 is 9.84 Å². The summed E-state index contributed by atoms with van der Waals surface area (Å²) in [7, 11) is 0. The zero-order chi connectivity index (χ0) is 14.4. The van der Waals surface area contributed by atoms with Crippen LogP contribution in [0.2, 0.25) is 0 Å². The second kappa shape index (κ2) is 6.77. The lowest BCUT2D eigenvalue weighted by molar-refractivity contribution is -0.131. The van der Waals surface area contributed by atoms with Gasteiger partial charge in [0.2, 0.25) is 5.88 Å². The first-order chi connectivity index (χ1) is 9.67. The van der Waals surface area contributed by atoms with Crippen LogP contribution in [0.4, 0.5) is 0 Å². The molecule has 2 rings (SSSR count). The maximum atomic E-state index is 10.4. The van der Waals surface area contributed by atoms with E-state index in [0.29, 0.717) is 17.2 Å². The summed E-state index contributed by atoms with van der Waals surface area (Å²) in [5, 5.41) is 8.53. The third kappa shape index (κ3) is 4.13. The van der Waals surface area contributed by atoms with Gasteiger partial charge in [0.05, 0.1) is 0 Å². The number of pyridine rings is 1. The normalized spacial score (nSPS) is 10.7. The first-order valence-electron chi connectivity index (χ1n) is 5.86. The summed E-state index contributed by atoms with van der Waals surface area (Å²) >= 11 is 1.67. The van der Waals surface area contributed by atoms with Gasteiger partial charge in [-0.1, -0.05) is 0 Å². The van der Waals surface area contributed by atoms with E-state index in [1.54, 1.807) is 30.1 Å². The van der Waals surface area contributed by atoms with Gasteiger partial charge in [0.25, 0.3) is 0 Å². The van der Waals surface area contributed by atoms with Crippen LogP contribution >= 0.6 is 11.8 Å². The number of carboxylic acid groups (broad SMARTS) is 1. The number of aromatic nitrogens is 1. The highest BCUT2D eigenvalue weighted by atomic mass is 32.2. The van der Waals surface area contributed by atoms with Crippen LogP contribution in [0, 0.1) is 0 Å². The van der Waals surface area contributed by atoms with Crippen LogP contribution in [-0.2, 0) is 4.79 Å². The van der Waals surface area contributed by atoms with E-state index in [4.69, 9.17) is 9.84 Å². The molecule has 102 valence electrons. The molecule has 1 heterocycles. The van der Waals surface area contributed by atoms with E-state index in [0.717, 1.165) is 6.08 Å². The summed E-state index contributed by atoms with van der Waals surface area (Å²) in [5.41, 5.74) is 0.706. The predicted octanol–water partition coefficient (Wildman–Crippen LogP) is 3.69. The van der Waals surface area contributed by atoms with E-state index in [1.807, 2.05) is 30.5 Å². The number of benzene rings is 1. The van der Waals surface area contributed by atoms with Crippen molar-refractivity contribution in [2.45, 2.75) is 4.90 Å². The van der Waals surface area contributed by atoms with Gasteiger partial charge in [-0.2, -0.15) is 0 Å². The van der Waals surface area contributed by atoms with Crippen LogP contribution in [0.5, 0.6) is 11.6 Å². The smallest absolute Gasteiger partial charge is 0.328 e. The molecule has 1 aromatic heterocycles. The molecule has 0 spiro atoms. The van der Waals surface area contributed by atoms with E-state index >= 15 is 0 Å². The van der Waals surface area contributed by atoms with Gasteiger partial charge in [0, 0.05) is 23.2 Å². The molecule has 20 heavy (non-hydrogen) atoms. The molecule has 0 amide bonds. The molecule has 0 bridgehead atoms. The zero-order valence-corrected chi connectivity index (χ0v) is 11.6. The molecule has 0 fully saturated rings. The van der Waals surface area contributed by atoms with Crippen LogP contribution in [-0.4, -0.2) is 22.3 Å². The highest BCUT2D eigenvalue weighted by molar-refractivity contribution is 7.98. The van der Waals surface area contributed by atoms with E-state index in [9.17, 15) is 4.79 Å². The highest BCUT2D eigenvalue weighted by Gasteiger charge is 1.99. The third-order valence-electron chi connectivity index (χ3n) is 2.46. The Morgan fingerprint density at radius 2 is 2.00 bits per heavy atom. The largest absolute Gasteiger partial charge is 0.478 e. The van der Waals surface area contributed by atoms with Crippen molar-refractivity contribution in [3.8, 4) is 11.6 Å². The van der Waals surface area contributed by atoms with Crippen LogP contribution in [0.1, 0.15) is 5.56 Å². The fourth-order valence-electron chi connectivity index (χ4n) is 1.48. The van der Waals surface area contributed by atoms with E-state index in [1.165, 1.54) is 11.0 Å². The molecule has 1 aromatic carbocycles. The van der Waals surface area contributed by atoms with Crippen LogP contribution in [0.3, 0.4) is 0 Å². The van der Waals surface area contributed by atoms with Crippen molar-refractivity contribution in [1.29, 1.82) is 0 Å². The second-order valence-corrected chi connectivity index (χ2v) is 4.76. The quantitative estimate of drug-likeness (QED) is 0.671. The van der Waals surface area contributed by atoms with Crippen molar-refractivity contribution < 1.29 is 14.6 Å². The third-order valence-corrected chi connectivity index (χ3v) is 3.20. The molecule has 5 heteroatoms. The molecule has 0 aliphatic rings. The fourth-order valence-corrected chi connectivity index (χ4v) is 1.89. The number of carbonyl (C=O) groups is 1. The Bertz CT molecular complexity index is 606. The first-order valence-corrected chi connectivity index (χ1v) is 7.09. The summed E-state index contributed by atoms with van der Waals surface area (Å²) in [4.78, 5) is 15.7. The minimum Gasteiger partial charge on any atom is -0.478 e. The lowest BCUT2D eigenvalue weighted by atomic mass is 10.2. The minimum absolute atomic E-state index is 0.467. The summed E-state index contributed by atoms with van der Waals surface area (Å²) in [6.07, 6.45) is 6.12. The molecular weight excluding hydrogens is 274 g/mol. The molecule has 0 aliphatic carbocycles. The first kappa shape index (κ1) is 14.1. The summed E-state index contributed by atoms with van der Waals surface area (Å²) in [5.74, 6) is 0.192. The molecule has 0 atom stereocenters. The average Bonchev–Trinajstić information content (AvgIpc) is 2.47. The number of rotatable bonds is 5. The standard InChI is InChI=1S/C15H13NO3S/c1-20-13-6-4-12(5-7-13)19-14-8-2-11(10-16-14)3-9-15(17)18/h2-10H,1H3,(H,17,18)/b9-3+. The second-order valence-electron chi connectivity index (χ2n) is 3.88. The number of hydrogen-bond donors (Lipinski definition) is 1. The van der Waals surface area contributed by atoms with Crippen molar-refractivity contribution in [2.75, 3.05) is 6.26 Å². The van der Waals surface area contributed by atoms with E-state index < -0.39 is 5.97 Å². The van der Waals surface area contributed by atoms with E-state index in [-0.39, 0.29) is 0 Å². The molecular formula is C15H13NO3S. The summed E-state index contributed by atoms with van der Waals surface area (Å²) in [6.45, 7) is 0. The average molecular weight is 287 g/mol. The Labute approximate surface area is 121 Å². The number of nitrogens with zero attached hydrogens (tertiary/aromatic N) is 1. The Morgan fingerprint density at radius 1 is 1.25 bits per heavy atom. The minimum atomic E-state index is -0.987. The lowest BCUT2D eigenvalue weighted by Crippen LogP contribution is -1.89. The maximum Gasteiger partial charge on any atom is 0.328 e. The topological polar surface area (TPSA) is 59.4 Å². The van der Waals surface area contributed by atoms with Gasteiger partial charge in [0.15, 0.2) is 0 Å². The van der Waals surface area contributed by atoms with Crippen molar-refractivity contribution in [2.24, 2.45) is 0 Å². The molecule has 0 saturated heterocycles. The predicted molar refractivity (Wildman–Crippen MR) is 79.2 cm³/mol. The Kier molecular flexibility index (Phi) is 4.79. The van der Waals surface area contributed by atoms with Crippen molar-refractivity contribution in [1.82, 2.24) is 4.98 Å². The Hall–Kier alpha value is -2.27. The summed E-state index contributed by atoms with van der Waals surface area (Å²) < 4.78 is 5.60. The van der Waals surface area contributed by atoms with Gasteiger partial charge in [-0.3, -0.25) is 0 Å². The number of aliphatic carboxylic acids is 1. The van der Waals surface area contributed by atoms with Gasteiger partial charge in [-0.15, -0.1) is 11.8 Å². The van der Waals surface area contributed by atoms with Gasteiger partial charge in [-0.05, 0) is 48.2 Å². The van der Waals surface area contributed by atoms with Crippen molar-refractivity contribution >= 4 is 23.8 Å². The molecule has 0 radical (unpaired) electrons. The Balaban J connectivity index is 2.04. The zero-order valence-electron chi connectivity index (χ0n) is 10.8. The van der Waals surface area contributed by atoms with Gasteiger partial charge in [0.1, 0.15) is 5.75 Å². The Morgan fingerprint density at radius 3 is 2.55 bits per heavy atom. The van der Waals surface area contributed by atoms with Crippen LogP contribution < -0.4 is 4.74 Å². The number of ether oxygens (including phenoxy) is 1. The molecule has 0 unspecified atom stereocenters. The maximum absolute atomic E-state index is 10.4. The van der Waals surface area contributed by atoms with Crippen molar-refractivity contribution in [3.63, 3.8) is 0 Å². The van der Waals surface area contributed by atoms with Crippen LogP contribution in [0.25, 0.3) is 6.08 Å². The molecule has 4 nitrogen and oxygen atoms in total.